The van der Waals surface area contributed by atoms with E-state index in [1.54, 1.807) is 6.92 Å². The molecule has 1 atom stereocenters. The molecule has 0 spiro atoms. The minimum Gasteiger partial charge on any atom is -0.480 e. The summed E-state index contributed by atoms with van der Waals surface area (Å²) in [5.41, 5.74) is 0. The molecule has 1 heterocycles. The van der Waals surface area contributed by atoms with Gasteiger partial charge >= 0.3 is 5.97 Å². The van der Waals surface area contributed by atoms with Gasteiger partial charge in [0.25, 0.3) is 0 Å². The van der Waals surface area contributed by atoms with E-state index in [0.717, 1.165) is 4.90 Å². The highest BCUT2D eigenvalue weighted by molar-refractivity contribution is 5.83. The van der Waals surface area contributed by atoms with Gasteiger partial charge in [-0.15, -0.1) is 0 Å². The Balaban J connectivity index is 2.62. The van der Waals surface area contributed by atoms with E-state index in [2.05, 4.69) is 4.98 Å². The highest BCUT2D eigenvalue weighted by atomic mass is 16.4. The van der Waals surface area contributed by atoms with E-state index >= 15 is 0 Å². The summed E-state index contributed by atoms with van der Waals surface area (Å²) in [6, 6.07) is -0.858. The fraction of sp³-hybridized carbons (Fsp3) is 0.500. The van der Waals surface area contributed by atoms with Gasteiger partial charge in [-0.3, -0.25) is 4.79 Å². The third-order valence-corrected chi connectivity index (χ3v) is 2.30. The summed E-state index contributed by atoms with van der Waals surface area (Å²) >= 11 is 0. The zero-order valence-corrected chi connectivity index (χ0v) is 9.43. The number of carboxylic acid groups (broad SMARTS) is 1. The van der Waals surface area contributed by atoms with Crippen molar-refractivity contribution in [2.24, 2.45) is 0 Å². The van der Waals surface area contributed by atoms with Crippen LogP contribution in [0.15, 0.2) is 10.6 Å². The zero-order chi connectivity index (χ0) is 12.3. The molecule has 1 amide bonds. The molecule has 1 rings (SSSR count). The Morgan fingerprint density at radius 2 is 2.25 bits per heavy atom. The summed E-state index contributed by atoms with van der Waals surface area (Å²) in [4.78, 5) is 27.3. The van der Waals surface area contributed by atoms with E-state index in [0.29, 0.717) is 11.7 Å². The van der Waals surface area contributed by atoms with Crippen molar-refractivity contribution < 1.29 is 19.1 Å². The average molecular weight is 226 g/mol. The fourth-order valence-electron chi connectivity index (χ4n) is 1.12. The fourth-order valence-corrected chi connectivity index (χ4v) is 1.12. The summed E-state index contributed by atoms with van der Waals surface area (Å²) in [6.07, 6.45) is 1.49. The monoisotopic (exact) mass is 226 g/mol. The molecular weight excluding hydrogens is 212 g/mol. The second-order valence-electron chi connectivity index (χ2n) is 3.56. The predicted octanol–water partition coefficient (Wildman–Crippen LogP) is 0.457. The maximum absolute atomic E-state index is 11.6. The number of aromatic nitrogens is 1. The van der Waals surface area contributed by atoms with E-state index in [4.69, 9.17) is 9.52 Å². The summed E-state index contributed by atoms with van der Waals surface area (Å²) in [5, 5.41) is 8.74. The molecule has 88 valence electrons. The first-order valence-electron chi connectivity index (χ1n) is 4.81. The summed E-state index contributed by atoms with van der Waals surface area (Å²) in [5.74, 6) is -0.458. The van der Waals surface area contributed by atoms with Gasteiger partial charge in [0.15, 0.2) is 0 Å². The van der Waals surface area contributed by atoms with Crippen molar-refractivity contribution >= 4 is 11.9 Å². The molecule has 0 fully saturated rings. The van der Waals surface area contributed by atoms with Crippen molar-refractivity contribution in [1.29, 1.82) is 0 Å². The van der Waals surface area contributed by atoms with Crippen LogP contribution < -0.4 is 0 Å². The van der Waals surface area contributed by atoms with Crippen LogP contribution in [-0.2, 0) is 16.0 Å². The molecule has 6 nitrogen and oxygen atoms in total. The van der Waals surface area contributed by atoms with Crippen LogP contribution in [0, 0.1) is 6.92 Å². The van der Waals surface area contributed by atoms with Gasteiger partial charge in [-0.05, 0) is 13.8 Å². The van der Waals surface area contributed by atoms with Gasteiger partial charge < -0.3 is 14.4 Å². The third-order valence-electron chi connectivity index (χ3n) is 2.30. The van der Waals surface area contributed by atoms with Crippen molar-refractivity contribution in [3.63, 3.8) is 0 Å². The molecule has 0 bridgehead atoms. The number of carboxylic acids is 1. The number of aliphatic carboxylic acids is 1. The molecule has 16 heavy (non-hydrogen) atoms. The molecule has 0 aliphatic rings. The largest absolute Gasteiger partial charge is 0.480 e. The topological polar surface area (TPSA) is 83.6 Å². The van der Waals surface area contributed by atoms with E-state index < -0.39 is 12.0 Å². The van der Waals surface area contributed by atoms with Gasteiger partial charge in [-0.25, -0.2) is 9.78 Å². The zero-order valence-electron chi connectivity index (χ0n) is 9.43. The quantitative estimate of drug-likeness (QED) is 0.806. The van der Waals surface area contributed by atoms with Gasteiger partial charge in [0, 0.05) is 7.05 Å². The lowest BCUT2D eigenvalue weighted by molar-refractivity contribution is -0.148. The van der Waals surface area contributed by atoms with Crippen molar-refractivity contribution in [2.75, 3.05) is 7.05 Å². The van der Waals surface area contributed by atoms with Crippen LogP contribution in [0.5, 0.6) is 0 Å². The highest BCUT2D eigenvalue weighted by Crippen LogP contribution is 2.05. The lowest BCUT2D eigenvalue weighted by Crippen LogP contribution is -2.41. The minimum absolute atomic E-state index is 0.0258. The summed E-state index contributed by atoms with van der Waals surface area (Å²) in [6.45, 7) is 3.17. The highest BCUT2D eigenvalue weighted by Gasteiger charge is 2.22. The van der Waals surface area contributed by atoms with Gasteiger partial charge in [-0.2, -0.15) is 0 Å². The van der Waals surface area contributed by atoms with Crippen LogP contribution in [0.4, 0.5) is 0 Å². The number of nitrogens with zero attached hydrogens (tertiary/aromatic N) is 2. The number of aryl methyl sites for hydroxylation is 1. The van der Waals surface area contributed by atoms with Crippen LogP contribution in [0.3, 0.4) is 0 Å². The first kappa shape index (κ1) is 12.2. The molecule has 0 saturated heterocycles. The second kappa shape index (κ2) is 4.78. The Kier molecular flexibility index (Phi) is 3.65. The Hall–Kier alpha value is -1.85. The first-order chi connectivity index (χ1) is 7.41. The Labute approximate surface area is 92.9 Å². The van der Waals surface area contributed by atoms with Crippen LogP contribution in [0.2, 0.25) is 0 Å². The smallest absolute Gasteiger partial charge is 0.326 e. The van der Waals surface area contributed by atoms with Gasteiger partial charge in [-0.1, -0.05) is 0 Å². The van der Waals surface area contributed by atoms with E-state index in [9.17, 15) is 9.59 Å². The lowest BCUT2D eigenvalue weighted by Gasteiger charge is -2.20. The number of oxazole rings is 1. The van der Waals surface area contributed by atoms with Gasteiger partial charge in [0.1, 0.15) is 18.2 Å². The van der Waals surface area contributed by atoms with Crippen molar-refractivity contribution in [3.05, 3.63) is 17.8 Å². The molecule has 1 unspecified atom stereocenters. The Bertz CT molecular complexity index is 399. The molecule has 0 aliphatic heterocycles. The van der Waals surface area contributed by atoms with E-state index in [-0.39, 0.29) is 12.3 Å². The number of carbonyl (C=O) groups is 2. The number of carbonyl (C=O) groups excluding carboxylic acids is 1. The van der Waals surface area contributed by atoms with Crippen LogP contribution in [0.25, 0.3) is 0 Å². The molecule has 0 radical (unpaired) electrons. The molecule has 1 aromatic heterocycles. The molecule has 1 aromatic rings. The minimum atomic E-state index is -1.04. The molecule has 0 aromatic carbocycles. The molecule has 0 saturated carbocycles. The normalized spacial score (nSPS) is 12.2. The van der Waals surface area contributed by atoms with Crippen molar-refractivity contribution in [2.45, 2.75) is 26.3 Å². The van der Waals surface area contributed by atoms with E-state index in [1.165, 1.54) is 20.2 Å². The Morgan fingerprint density at radius 1 is 1.62 bits per heavy atom. The first-order valence-corrected chi connectivity index (χ1v) is 4.81. The van der Waals surface area contributed by atoms with E-state index in [1.807, 2.05) is 0 Å². The van der Waals surface area contributed by atoms with Crippen molar-refractivity contribution in [1.82, 2.24) is 9.88 Å². The molecule has 0 aliphatic carbocycles. The summed E-state index contributed by atoms with van der Waals surface area (Å²) < 4.78 is 5.14. The number of hydrogen-bond donors (Lipinski definition) is 1. The number of likely N-dealkylation sites (N-methyl/N-ethyl adjacent to an activating group) is 1. The SMILES string of the molecule is Cc1cnc(CC(=O)N(C)C(C)C(=O)O)o1. The third kappa shape index (κ3) is 2.82. The second-order valence-corrected chi connectivity index (χ2v) is 3.56. The average Bonchev–Trinajstić information content (AvgIpc) is 2.61. The predicted molar refractivity (Wildman–Crippen MR) is 54.8 cm³/mol. The van der Waals surface area contributed by atoms with Gasteiger partial charge in [0.05, 0.1) is 6.20 Å². The lowest BCUT2D eigenvalue weighted by atomic mass is 10.2. The maximum atomic E-state index is 11.6. The van der Waals surface area contributed by atoms with Crippen LogP contribution >= 0.6 is 0 Å². The maximum Gasteiger partial charge on any atom is 0.326 e. The number of hydrogen-bond acceptors (Lipinski definition) is 4. The van der Waals surface area contributed by atoms with Gasteiger partial charge in [0.2, 0.25) is 11.8 Å². The summed E-state index contributed by atoms with van der Waals surface area (Å²) in [7, 11) is 1.44. The van der Waals surface area contributed by atoms with Crippen molar-refractivity contribution in [3.8, 4) is 0 Å². The molecule has 6 heteroatoms. The number of amides is 1. The molecular formula is C10H14N2O4. The molecule has 1 N–H and O–H groups in total. The standard InChI is InChI=1S/C10H14N2O4/c1-6-5-11-8(16-6)4-9(13)12(3)7(2)10(14)15/h5,7H,4H2,1-3H3,(H,14,15). The van der Waals surface area contributed by atoms with Crippen LogP contribution in [0.1, 0.15) is 18.6 Å². The number of rotatable bonds is 4. The van der Waals surface area contributed by atoms with Crippen LogP contribution in [-0.4, -0.2) is 40.0 Å². The Morgan fingerprint density at radius 3 is 2.69 bits per heavy atom.